The van der Waals surface area contributed by atoms with E-state index in [0.717, 1.165) is 34.9 Å². The molecule has 0 amide bonds. The molecule has 5 nitrogen and oxygen atoms in total. The van der Waals surface area contributed by atoms with Gasteiger partial charge < -0.3 is 20.1 Å². The van der Waals surface area contributed by atoms with Crippen LogP contribution in [-0.4, -0.2) is 26.7 Å². The highest BCUT2D eigenvalue weighted by molar-refractivity contribution is 5.79. The van der Waals surface area contributed by atoms with Crippen molar-refractivity contribution in [3.05, 3.63) is 65.2 Å². The fourth-order valence-electron chi connectivity index (χ4n) is 2.46. The fraction of sp³-hybridized carbons (Fsp3) is 0.350. The van der Waals surface area contributed by atoms with Gasteiger partial charge in [-0.05, 0) is 35.7 Å². The summed E-state index contributed by atoms with van der Waals surface area (Å²) in [7, 11) is 3.38. The van der Waals surface area contributed by atoms with Crippen LogP contribution in [0.15, 0.2) is 53.5 Å². The minimum atomic E-state index is 0.616. The third-order valence-electron chi connectivity index (χ3n) is 3.66. The molecule has 2 aromatic rings. The van der Waals surface area contributed by atoms with Crippen LogP contribution < -0.4 is 15.4 Å². The molecule has 0 saturated heterocycles. The Morgan fingerprint density at radius 3 is 2.48 bits per heavy atom. The van der Waals surface area contributed by atoms with Crippen LogP contribution in [0.25, 0.3) is 0 Å². The highest BCUT2D eigenvalue weighted by Gasteiger charge is 2.01. The van der Waals surface area contributed by atoms with Crippen LogP contribution in [0.1, 0.15) is 23.6 Å². The number of ether oxygens (including phenoxy) is 2. The largest absolute Gasteiger partial charge is 0.497 e. The van der Waals surface area contributed by atoms with Gasteiger partial charge in [-0.3, -0.25) is 0 Å². The summed E-state index contributed by atoms with van der Waals surface area (Å²) < 4.78 is 10.4. The van der Waals surface area contributed by atoms with Gasteiger partial charge in [0.1, 0.15) is 5.75 Å². The number of hydrogen-bond acceptors (Lipinski definition) is 3. The molecule has 0 aromatic heterocycles. The van der Waals surface area contributed by atoms with E-state index in [-0.39, 0.29) is 0 Å². The second kappa shape index (κ2) is 10.4. The Kier molecular flexibility index (Phi) is 7.79. The van der Waals surface area contributed by atoms with E-state index in [4.69, 9.17) is 9.47 Å². The average Bonchev–Trinajstić information content (AvgIpc) is 2.65. The molecule has 0 aliphatic heterocycles. The van der Waals surface area contributed by atoms with Gasteiger partial charge >= 0.3 is 0 Å². The second-order valence-electron chi connectivity index (χ2n) is 5.65. The molecule has 134 valence electrons. The molecule has 0 fully saturated rings. The lowest BCUT2D eigenvalue weighted by Gasteiger charge is -2.12. The van der Waals surface area contributed by atoms with Gasteiger partial charge in [-0.15, -0.1) is 0 Å². The van der Waals surface area contributed by atoms with E-state index in [1.54, 1.807) is 14.2 Å². The Bertz CT molecular complexity index is 686. The Balaban J connectivity index is 1.98. The van der Waals surface area contributed by atoms with E-state index >= 15 is 0 Å². The van der Waals surface area contributed by atoms with Gasteiger partial charge in [0.25, 0.3) is 0 Å². The number of hydrogen-bond donors (Lipinski definition) is 2. The number of nitrogens with one attached hydrogen (secondary N) is 2. The summed E-state index contributed by atoms with van der Waals surface area (Å²) in [4.78, 5) is 4.66. The molecule has 0 aliphatic carbocycles. The number of rotatable bonds is 8. The number of methoxy groups -OCH3 is 2. The van der Waals surface area contributed by atoms with Crippen LogP contribution in [0.3, 0.4) is 0 Å². The Morgan fingerprint density at radius 2 is 1.72 bits per heavy atom. The molecule has 0 bridgehead atoms. The molecule has 2 rings (SSSR count). The van der Waals surface area contributed by atoms with Crippen LogP contribution >= 0.6 is 0 Å². The SMILES string of the molecule is CCNC(=NCc1cccc(COC)c1)NCc1cccc(OC)c1. The van der Waals surface area contributed by atoms with Crippen molar-refractivity contribution in [1.82, 2.24) is 10.6 Å². The Morgan fingerprint density at radius 1 is 0.960 bits per heavy atom. The van der Waals surface area contributed by atoms with Gasteiger partial charge in [0.05, 0.1) is 20.3 Å². The fourth-order valence-corrected chi connectivity index (χ4v) is 2.46. The molecular weight excluding hydrogens is 314 g/mol. The van der Waals surface area contributed by atoms with Crippen LogP contribution in [0, 0.1) is 0 Å². The van der Waals surface area contributed by atoms with Gasteiger partial charge in [0, 0.05) is 20.2 Å². The van der Waals surface area contributed by atoms with E-state index in [1.807, 2.05) is 24.3 Å². The molecule has 0 saturated carbocycles. The first kappa shape index (κ1) is 18.8. The maximum atomic E-state index is 5.26. The lowest BCUT2D eigenvalue weighted by atomic mass is 10.1. The third kappa shape index (κ3) is 6.47. The summed E-state index contributed by atoms with van der Waals surface area (Å²) in [6.45, 7) is 4.79. The second-order valence-corrected chi connectivity index (χ2v) is 5.65. The first-order valence-corrected chi connectivity index (χ1v) is 8.47. The molecule has 0 aliphatic rings. The molecule has 0 spiro atoms. The smallest absolute Gasteiger partial charge is 0.191 e. The molecule has 25 heavy (non-hydrogen) atoms. The van der Waals surface area contributed by atoms with Crippen molar-refractivity contribution in [2.45, 2.75) is 26.6 Å². The summed E-state index contributed by atoms with van der Waals surface area (Å²) in [5.41, 5.74) is 3.46. The van der Waals surface area contributed by atoms with Crippen LogP contribution in [0.5, 0.6) is 5.75 Å². The molecule has 5 heteroatoms. The molecule has 0 heterocycles. The van der Waals surface area contributed by atoms with E-state index in [0.29, 0.717) is 19.7 Å². The van der Waals surface area contributed by atoms with Crippen molar-refractivity contribution in [2.24, 2.45) is 4.99 Å². The third-order valence-corrected chi connectivity index (χ3v) is 3.66. The first-order chi connectivity index (χ1) is 12.2. The van der Waals surface area contributed by atoms with Crippen molar-refractivity contribution < 1.29 is 9.47 Å². The molecule has 0 unspecified atom stereocenters. The van der Waals surface area contributed by atoms with Crippen molar-refractivity contribution in [2.75, 3.05) is 20.8 Å². The van der Waals surface area contributed by atoms with E-state index in [1.165, 1.54) is 0 Å². The maximum absolute atomic E-state index is 5.26. The van der Waals surface area contributed by atoms with Gasteiger partial charge in [0.2, 0.25) is 0 Å². The quantitative estimate of drug-likeness (QED) is 0.572. The summed E-state index contributed by atoms with van der Waals surface area (Å²) >= 11 is 0. The summed E-state index contributed by atoms with van der Waals surface area (Å²) in [5.74, 6) is 1.65. The Labute approximate surface area is 150 Å². The van der Waals surface area contributed by atoms with Crippen LogP contribution in [0.4, 0.5) is 0 Å². The van der Waals surface area contributed by atoms with Gasteiger partial charge in [-0.1, -0.05) is 36.4 Å². The lowest BCUT2D eigenvalue weighted by Crippen LogP contribution is -2.36. The van der Waals surface area contributed by atoms with E-state index in [9.17, 15) is 0 Å². The standard InChI is InChI=1S/C20H27N3O2/c1-4-21-20(23-14-17-8-6-10-19(12-17)25-3)22-13-16-7-5-9-18(11-16)15-24-2/h5-12H,4,13-15H2,1-3H3,(H2,21,22,23). The zero-order valence-corrected chi connectivity index (χ0v) is 15.2. The maximum Gasteiger partial charge on any atom is 0.191 e. The Hall–Kier alpha value is -2.53. The average molecular weight is 341 g/mol. The molecule has 0 radical (unpaired) electrons. The minimum absolute atomic E-state index is 0.616. The van der Waals surface area contributed by atoms with Crippen LogP contribution in [0.2, 0.25) is 0 Å². The summed E-state index contributed by atoms with van der Waals surface area (Å²) in [6, 6.07) is 16.3. The number of nitrogens with zero attached hydrogens (tertiary/aromatic N) is 1. The highest BCUT2D eigenvalue weighted by Crippen LogP contribution is 2.12. The topological polar surface area (TPSA) is 54.9 Å². The number of aliphatic imine (C=N–C) groups is 1. The van der Waals surface area contributed by atoms with Crippen molar-refractivity contribution in [3.8, 4) is 5.75 Å². The monoisotopic (exact) mass is 341 g/mol. The van der Waals surface area contributed by atoms with E-state index in [2.05, 4.69) is 46.8 Å². The zero-order valence-electron chi connectivity index (χ0n) is 15.2. The molecule has 2 N–H and O–H groups in total. The zero-order chi connectivity index (χ0) is 17.9. The normalized spacial score (nSPS) is 11.2. The summed E-state index contributed by atoms with van der Waals surface area (Å²) in [6.07, 6.45) is 0. The molecular formula is C20H27N3O2. The van der Waals surface area contributed by atoms with Gasteiger partial charge in [-0.2, -0.15) is 0 Å². The number of guanidine groups is 1. The van der Waals surface area contributed by atoms with Crippen molar-refractivity contribution >= 4 is 5.96 Å². The van der Waals surface area contributed by atoms with E-state index < -0.39 is 0 Å². The number of benzene rings is 2. The highest BCUT2D eigenvalue weighted by atomic mass is 16.5. The van der Waals surface area contributed by atoms with Crippen molar-refractivity contribution in [1.29, 1.82) is 0 Å². The predicted octanol–water partition coefficient (Wildman–Crippen LogP) is 3.10. The van der Waals surface area contributed by atoms with Crippen LogP contribution in [-0.2, 0) is 24.4 Å². The van der Waals surface area contributed by atoms with Crippen molar-refractivity contribution in [3.63, 3.8) is 0 Å². The van der Waals surface area contributed by atoms with Gasteiger partial charge in [0.15, 0.2) is 5.96 Å². The first-order valence-electron chi connectivity index (χ1n) is 8.47. The molecule has 0 atom stereocenters. The van der Waals surface area contributed by atoms with Gasteiger partial charge in [-0.25, -0.2) is 4.99 Å². The minimum Gasteiger partial charge on any atom is -0.497 e. The predicted molar refractivity (Wildman–Crippen MR) is 102 cm³/mol. The lowest BCUT2D eigenvalue weighted by molar-refractivity contribution is 0.185. The summed E-state index contributed by atoms with van der Waals surface area (Å²) in [5, 5.41) is 6.63. The molecule has 2 aromatic carbocycles.